The van der Waals surface area contributed by atoms with Crippen LogP contribution in [0.2, 0.25) is 0 Å². The number of esters is 1. The van der Waals surface area contributed by atoms with E-state index in [0.29, 0.717) is 12.5 Å². The minimum atomic E-state index is -0.514. The summed E-state index contributed by atoms with van der Waals surface area (Å²) in [4.78, 5) is 18.8. The monoisotopic (exact) mass is 196 g/mol. The van der Waals surface area contributed by atoms with Gasteiger partial charge >= 0.3 is 5.97 Å². The highest BCUT2D eigenvalue weighted by molar-refractivity contribution is 5.86. The molecule has 0 aliphatic rings. The van der Waals surface area contributed by atoms with Crippen LogP contribution in [0.4, 0.5) is 0 Å². The Morgan fingerprint density at radius 2 is 2.29 bits per heavy atom. The number of rotatable bonds is 4. The van der Waals surface area contributed by atoms with Crippen molar-refractivity contribution in [2.45, 2.75) is 13.3 Å². The van der Waals surface area contributed by atoms with Crippen LogP contribution < -0.4 is 4.74 Å². The molecule has 1 heterocycles. The Bertz CT molecular complexity index is 315. The molecule has 1 aromatic rings. The molecule has 5 nitrogen and oxygen atoms in total. The Morgan fingerprint density at radius 1 is 1.50 bits per heavy atom. The second kappa shape index (κ2) is 5.16. The van der Waals surface area contributed by atoms with Gasteiger partial charge in [0.05, 0.1) is 26.1 Å². The normalized spacial score (nSPS) is 9.57. The van der Waals surface area contributed by atoms with Crippen molar-refractivity contribution < 1.29 is 14.3 Å². The summed E-state index contributed by atoms with van der Waals surface area (Å²) in [7, 11) is 1.30. The van der Waals surface area contributed by atoms with Gasteiger partial charge in [0, 0.05) is 0 Å². The van der Waals surface area contributed by atoms with Gasteiger partial charge in [-0.2, -0.15) is 0 Å². The molecule has 0 radical (unpaired) electrons. The zero-order valence-corrected chi connectivity index (χ0v) is 8.19. The maximum Gasteiger partial charge on any atom is 0.358 e. The second-order valence-corrected chi connectivity index (χ2v) is 2.58. The highest BCUT2D eigenvalue weighted by Gasteiger charge is 2.08. The van der Waals surface area contributed by atoms with Crippen LogP contribution in [0.25, 0.3) is 0 Å². The highest BCUT2D eigenvalue weighted by atomic mass is 16.5. The van der Waals surface area contributed by atoms with Crippen LogP contribution in [0.1, 0.15) is 23.8 Å². The second-order valence-electron chi connectivity index (χ2n) is 2.58. The first-order valence-corrected chi connectivity index (χ1v) is 4.31. The van der Waals surface area contributed by atoms with E-state index in [-0.39, 0.29) is 5.69 Å². The van der Waals surface area contributed by atoms with E-state index < -0.39 is 5.97 Å². The maximum absolute atomic E-state index is 11.1. The Kier molecular flexibility index (Phi) is 3.84. The van der Waals surface area contributed by atoms with Crippen LogP contribution in [-0.2, 0) is 4.74 Å². The van der Waals surface area contributed by atoms with Crippen molar-refractivity contribution in [2.75, 3.05) is 13.7 Å². The van der Waals surface area contributed by atoms with Gasteiger partial charge in [0.15, 0.2) is 5.69 Å². The molecule has 0 aliphatic carbocycles. The summed E-state index contributed by atoms with van der Waals surface area (Å²) < 4.78 is 9.71. The van der Waals surface area contributed by atoms with E-state index in [4.69, 9.17) is 4.74 Å². The Morgan fingerprint density at radius 3 is 2.93 bits per heavy atom. The maximum atomic E-state index is 11.1. The van der Waals surface area contributed by atoms with E-state index in [1.807, 2.05) is 6.92 Å². The van der Waals surface area contributed by atoms with Gasteiger partial charge in [-0.25, -0.2) is 9.78 Å². The molecule has 0 saturated heterocycles. The van der Waals surface area contributed by atoms with Crippen molar-refractivity contribution in [1.29, 1.82) is 0 Å². The van der Waals surface area contributed by atoms with Crippen molar-refractivity contribution in [3.8, 4) is 5.88 Å². The fraction of sp³-hybridized carbons (Fsp3) is 0.444. The quantitative estimate of drug-likeness (QED) is 0.673. The molecule has 0 fully saturated rings. The van der Waals surface area contributed by atoms with Crippen molar-refractivity contribution in [3.63, 3.8) is 0 Å². The van der Waals surface area contributed by atoms with Crippen LogP contribution in [-0.4, -0.2) is 29.7 Å². The van der Waals surface area contributed by atoms with Crippen LogP contribution in [0.15, 0.2) is 12.4 Å². The molecule has 0 aromatic carbocycles. The molecule has 0 atom stereocenters. The number of hydrogen-bond acceptors (Lipinski definition) is 5. The molecular weight excluding hydrogens is 184 g/mol. The summed E-state index contributed by atoms with van der Waals surface area (Å²) in [5, 5.41) is 0. The van der Waals surface area contributed by atoms with Crippen LogP contribution in [0.3, 0.4) is 0 Å². The van der Waals surface area contributed by atoms with Gasteiger partial charge in [-0.1, -0.05) is 6.92 Å². The Labute approximate surface area is 82.1 Å². The average Bonchev–Trinajstić information content (AvgIpc) is 2.25. The Balaban J connectivity index is 2.73. The lowest BCUT2D eigenvalue weighted by molar-refractivity contribution is 0.0592. The third-order valence-electron chi connectivity index (χ3n) is 1.46. The minimum absolute atomic E-state index is 0.154. The van der Waals surface area contributed by atoms with Crippen molar-refractivity contribution in [2.24, 2.45) is 0 Å². The third kappa shape index (κ3) is 2.69. The lowest BCUT2D eigenvalue weighted by atomic mass is 10.4. The number of hydrogen-bond donors (Lipinski definition) is 0. The van der Waals surface area contributed by atoms with Crippen molar-refractivity contribution >= 4 is 5.97 Å². The zero-order valence-electron chi connectivity index (χ0n) is 8.19. The molecule has 0 unspecified atom stereocenters. The molecule has 0 spiro atoms. The molecule has 76 valence electrons. The molecule has 0 N–H and O–H groups in total. The van der Waals surface area contributed by atoms with E-state index in [1.54, 1.807) is 0 Å². The van der Waals surface area contributed by atoms with Gasteiger partial charge < -0.3 is 9.47 Å². The smallest absolute Gasteiger partial charge is 0.358 e. The molecule has 0 bridgehead atoms. The molecule has 5 heteroatoms. The predicted molar refractivity (Wildman–Crippen MR) is 49.2 cm³/mol. The standard InChI is InChI=1S/C9H12N2O3/c1-3-4-14-8-6-10-5-7(11-8)9(12)13-2/h5-6H,3-4H2,1-2H3. The van der Waals surface area contributed by atoms with E-state index in [2.05, 4.69) is 14.7 Å². The van der Waals surface area contributed by atoms with Gasteiger partial charge in [0.2, 0.25) is 5.88 Å². The molecule has 1 aromatic heterocycles. The lowest BCUT2D eigenvalue weighted by Crippen LogP contribution is -2.07. The number of aromatic nitrogens is 2. The van der Waals surface area contributed by atoms with Gasteiger partial charge in [-0.05, 0) is 6.42 Å². The lowest BCUT2D eigenvalue weighted by Gasteiger charge is -2.03. The largest absolute Gasteiger partial charge is 0.477 e. The highest BCUT2D eigenvalue weighted by Crippen LogP contribution is 2.06. The SMILES string of the molecule is CCCOc1cncc(C(=O)OC)n1. The molecule has 14 heavy (non-hydrogen) atoms. The summed E-state index contributed by atoms with van der Waals surface area (Å²) in [6.07, 6.45) is 3.68. The van der Waals surface area contributed by atoms with E-state index in [9.17, 15) is 4.79 Å². The number of nitrogens with zero attached hydrogens (tertiary/aromatic N) is 2. The van der Waals surface area contributed by atoms with Crippen molar-refractivity contribution in [1.82, 2.24) is 9.97 Å². The van der Waals surface area contributed by atoms with Gasteiger partial charge in [-0.3, -0.25) is 4.98 Å². The fourth-order valence-corrected chi connectivity index (χ4v) is 0.827. The molecule has 1 rings (SSSR count). The summed E-state index contributed by atoms with van der Waals surface area (Å²) in [5.41, 5.74) is 0.154. The van der Waals surface area contributed by atoms with Gasteiger partial charge in [-0.15, -0.1) is 0 Å². The first-order valence-electron chi connectivity index (χ1n) is 4.31. The number of carbonyl (C=O) groups excluding carboxylic acids is 1. The molecule has 0 amide bonds. The molecule has 0 saturated carbocycles. The fourth-order valence-electron chi connectivity index (χ4n) is 0.827. The van der Waals surface area contributed by atoms with Gasteiger partial charge in [0.25, 0.3) is 0 Å². The van der Waals surface area contributed by atoms with Crippen LogP contribution in [0, 0.1) is 0 Å². The molecule has 0 aliphatic heterocycles. The van der Waals surface area contributed by atoms with E-state index in [0.717, 1.165) is 6.42 Å². The first-order chi connectivity index (χ1) is 6.77. The van der Waals surface area contributed by atoms with Crippen LogP contribution >= 0.6 is 0 Å². The number of carbonyl (C=O) groups is 1. The topological polar surface area (TPSA) is 61.3 Å². The number of methoxy groups -OCH3 is 1. The Hall–Kier alpha value is -1.65. The molecular formula is C9H12N2O3. The minimum Gasteiger partial charge on any atom is -0.477 e. The average molecular weight is 196 g/mol. The summed E-state index contributed by atoms with van der Waals surface area (Å²) in [6.45, 7) is 2.54. The van der Waals surface area contributed by atoms with Gasteiger partial charge in [0.1, 0.15) is 0 Å². The summed E-state index contributed by atoms with van der Waals surface area (Å²) in [6, 6.07) is 0. The van der Waals surface area contributed by atoms with Crippen molar-refractivity contribution in [3.05, 3.63) is 18.1 Å². The summed E-state index contributed by atoms with van der Waals surface area (Å²) in [5.74, 6) is -0.172. The number of ether oxygens (including phenoxy) is 2. The van der Waals surface area contributed by atoms with E-state index >= 15 is 0 Å². The summed E-state index contributed by atoms with van der Waals surface area (Å²) >= 11 is 0. The van der Waals surface area contributed by atoms with E-state index in [1.165, 1.54) is 19.5 Å². The van der Waals surface area contributed by atoms with Crippen LogP contribution in [0.5, 0.6) is 5.88 Å². The predicted octanol–water partition coefficient (Wildman–Crippen LogP) is 1.05. The third-order valence-corrected chi connectivity index (χ3v) is 1.46. The first kappa shape index (κ1) is 10.4. The zero-order chi connectivity index (χ0) is 10.4.